The molecule has 2 unspecified atom stereocenters. The molecule has 7 N–H and O–H groups in total. The highest BCUT2D eigenvalue weighted by atomic mass is 35.5. The summed E-state index contributed by atoms with van der Waals surface area (Å²) in [5.74, 6) is 0.0257. The van der Waals surface area contributed by atoms with Gasteiger partial charge in [0.1, 0.15) is 35.5 Å². The van der Waals surface area contributed by atoms with E-state index in [4.69, 9.17) is 26.1 Å². The summed E-state index contributed by atoms with van der Waals surface area (Å²) in [6, 6.07) is 0.188. The average molecular weight is 525 g/mol. The summed E-state index contributed by atoms with van der Waals surface area (Å²) in [6.07, 6.45) is 1.94. The van der Waals surface area contributed by atoms with Gasteiger partial charge in [-0.25, -0.2) is 5.01 Å². The number of fused-ring (bicyclic) bond motifs is 1. The van der Waals surface area contributed by atoms with E-state index < -0.39 is 69.3 Å². The molecule has 34 heavy (non-hydrogen) atoms. The molecule has 1 aliphatic carbocycles. The van der Waals surface area contributed by atoms with E-state index in [0.717, 1.165) is 25.7 Å². The summed E-state index contributed by atoms with van der Waals surface area (Å²) in [5, 5.41) is 47.0. The fourth-order valence-electron chi connectivity index (χ4n) is 4.65. The number of aliphatic hydroxyl groups is 4. The van der Waals surface area contributed by atoms with Gasteiger partial charge in [-0.05, 0) is 12.8 Å². The Hall–Kier alpha value is -1.12. The Morgan fingerprint density at radius 2 is 1.94 bits per heavy atom. The minimum absolute atomic E-state index is 0.188. The topological polar surface area (TPSA) is 197 Å². The Morgan fingerprint density at radius 1 is 1.26 bits per heavy atom. The highest BCUT2D eigenvalue weighted by Gasteiger charge is 2.53. The van der Waals surface area contributed by atoms with Crippen molar-refractivity contribution >= 4 is 31.2 Å². The molecule has 1 saturated heterocycles. The van der Waals surface area contributed by atoms with Crippen molar-refractivity contribution in [3.8, 4) is 0 Å². The van der Waals surface area contributed by atoms with Crippen LogP contribution in [0.15, 0.2) is 21.3 Å². The summed E-state index contributed by atoms with van der Waals surface area (Å²) >= 11 is 6.30. The standard InChI is InChI=1S/C19H30ClN4O9P/c20-13-5-14(22-10-3-1-2-4-10)24-18(23-13)11(6-21-24)17-16(28)15(27)12(33-17)7-32-19(8-25,9-26)34(29,30)31/h5-6,10-12,15-18,23,25-28H,1-4,7-9H2,(H2,29,30,31)/t11?,12-,15-,16-,17+,18?/m1/s1. The zero-order valence-corrected chi connectivity index (χ0v) is 19.9. The van der Waals surface area contributed by atoms with Crippen molar-refractivity contribution in [1.29, 1.82) is 0 Å². The number of nitrogens with zero attached hydrogens (tertiary/aromatic N) is 3. The van der Waals surface area contributed by atoms with E-state index in [-0.39, 0.29) is 6.04 Å². The molecule has 0 aromatic carbocycles. The first kappa shape index (κ1) is 26.0. The van der Waals surface area contributed by atoms with Crippen LogP contribution < -0.4 is 5.32 Å². The molecule has 3 heterocycles. The summed E-state index contributed by atoms with van der Waals surface area (Å²) in [4.78, 5) is 23.7. The lowest BCUT2D eigenvalue weighted by Crippen LogP contribution is -2.53. The first-order chi connectivity index (χ1) is 16.1. The summed E-state index contributed by atoms with van der Waals surface area (Å²) in [6.45, 7) is -2.92. The van der Waals surface area contributed by atoms with Crippen LogP contribution >= 0.6 is 19.2 Å². The molecule has 0 aromatic rings. The molecule has 192 valence electrons. The van der Waals surface area contributed by atoms with Crippen molar-refractivity contribution in [1.82, 2.24) is 10.3 Å². The third kappa shape index (κ3) is 4.79. The molecular formula is C19H30ClN4O9P. The quantitative estimate of drug-likeness (QED) is 0.146. The number of nitrogens with one attached hydrogen (secondary N) is 1. The Labute approximate surface area is 200 Å². The highest BCUT2D eigenvalue weighted by molar-refractivity contribution is 7.53. The van der Waals surface area contributed by atoms with Gasteiger partial charge in [-0.3, -0.25) is 9.56 Å². The maximum Gasteiger partial charge on any atom is 0.361 e. The van der Waals surface area contributed by atoms with Crippen LogP contribution in [0.3, 0.4) is 0 Å². The van der Waals surface area contributed by atoms with E-state index in [0.29, 0.717) is 11.0 Å². The smallest absolute Gasteiger partial charge is 0.361 e. The molecule has 6 atom stereocenters. The molecule has 3 aliphatic heterocycles. The van der Waals surface area contributed by atoms with Crippen molar-refractivity contribution in [2.24, 2.45) is 16.0 Å². The van der Waals surface area contributed by atoms with Crippen molar-refractivity contribution < 1.29 is 44.3 Å². The van der Waals surface area contributed by atoms with E-state index in [1.165, 1.54) is 0 Å². The Morgan fingerprint density at radius 3 is 2.56 bits per heavy atom. The molecule has 4 aliphatic rings. The molecular weight excluding hydrogens is 495 g/mol. The number of hydrogen-bond acceptors (Lipinski definition) is 10. The van der Waals surface area contributed by atoms with Gasteiger partial charge in [0, 0.05) is 12.3 Å². The van der Waals surface area contributed by atoms with Gasteiger partial charge < -0.3 is 45.0 Å². The van der Waals surface area contributed by atoms with Crippen LogP contribution in [0.4, 0.5) is 0 Å². The first-order valence-electron chi connectivity index (χ1n) is 11.1. The van der Waals surface area contributed by atoms with Crippen LogP contribution in [0.1, 0.15) is 25.7 Å². The van der Waals surface area contributed by atoms with E-state index in [9.17, 15) is 34.8 Å². The lowest BCUT2D eigenvalue weighted by molar-refractivity contribution is -0.117. The SMILES string of the molecule is O=P(O)(O)C(CO)(CO)OC[C@H]1O[C@@H](C2C=NN3C(=NC4CCCC4)C=C(Cl)NC23)[C@H](O)[C@@H]1O. The monoisotopic (exact) mass is 524 g/mol. The maximum atomic E-state index is 11.7. The number of hydrogen-bond donors (Lipinski definition) is 7. The Balaban J connectivity index is 1.46. The lowest BCUT2D eigenvalue weighted by Gasteiger charge is -2.35. The second kappa shape index (κ2) is 10.1. The molecule has 15 heteroatoms. The van der Waals surface area contributed by atoms with Gasteiger partial charge in [-0.2, -0.15) is 5.10 Å². The number of ether oxygens (including phenoxy) is 2. The number of aliphatic imine (C=N–C) groups is 1. The number of halogens is 1. The van der Waals surface area contributed by atoms with Crippen LogP contribution in [0.25, 0.3) is 0 Å². The van der Waals surface area contributed by atoms with Crippen LogP contribution in [0, 0.1) is 5.92 Å². The Bertz CT molecular complexity index is 889. The summed E-state index contributed by atoms with van der Waals surface area (Å²) < 4.78 is 22.7. The van der Waals surface area contributed by atoms with Crippen molar-refractivity contribution in [2.45, 2.75) is 67.6 Å². The second-order valence-corrected chi connectivity index (χ2v) is 11.2. The third-order valence-corrected chi connectivity index (χ3v) is 8.42. The van der Waals surface area contributed by atoms with Crippen molar-refractivity contribution in [2.75, 3.05) is 19.8 Å². The molecule has 0 amide bonds. The molecule has 1 saturated carbocycles. The van der Waals surface area contributed by atoms with Crippen LogP contribution in [-0.2, 0) is 14.0 Å². The van der Waals surface area contributed by atoms with Crippen LogP contribution in [0.2, 0.25) is 0 Å². The van der Waals surface area contributed by atoms with E-state index >= 15 is 0 Å². The lowest BCUT2D eigenvalue weighted by atomic mass is 9.94. The predicted octanol–water partition coefficient (Wildman–Crippen LogP) is -1.38. The van der Waals surface area contributed by atoms with Gasteiger partial charge in [-0.15, -0.1) is 0 Å². The summed E-state index contributed by atoms with van der Waals surface area (Å²) in [7, 11) is -5.07. The summed E-state index contributed by atoms with van der Waals surface area (Å²) in [5.41, 5.74) is 0. The normalized spacial score (nSPS) is 35.7. The van der Waals surface area contributed by atoms with E-state index in [2.05, 4.69) is 10.4 Å². The van der Waals surface area contributed by atoms with Crippen molar-refractivity contribution in [3.05, 3.63) is 11.2 Å². The molecule has 0 aromatic heterocycles. The molecule has 4 rings (SSSR count). The fraction of sp³-hybridized carbons (Fsp3) is 0.789. The van der Waals surface area contributed by atoms with Crippen molar-refractivity contribution in [3.63, 3.8) is 0 Å². The largest absolute Gasteiger partial charge is 0.393 e. The zero-order chi connectivity index (χ0) is 24.7. The molecule has 13 nitrogen and oxygen atoms in total. The third-order valence-electron chi connectivity index (χ3n) is 6.73. The van der Waals surface area contributed by atoms with Gasteiger partial charge in [0.2, 0.25) is 5.34 Å². The van der Waals surface area contributed by atoms with Crippen LogP contribution in [-0.4, -0.2) is 109 Å². The number of hydrazone groups is 1. The fourth-order valence-corrected chi connectivity index (χ4v) is 5.47. The number of aliphatic hydroxyl groups excluding tert-OH is 4. The zero-order valence-electron chi connectivity index (χ0n) is 18.2. The van der Waals surface area contributed by atoms with Gasteiger partial charge in [0.25, 0.3) is 0 Å². The maximum absolute atomic E-state index is 11.7. The minimum atomic E-state index is -5.07. The van der Waals surface area contributed by atoms with Gasteiger partial charge >= 0.3 is 7.60 Å². The highest BCUT2D eigenvalue weighted by Crippen LogP contribution is 2.51. The molecule has 0 spiro atoms. The van der Waals surface area contributed by atoms with E-state index in [1.807, 2.05) is 0 Å². The minimum Gasteiger partial charge on any atom is -0.393 e. The average Bonchev–Trinajstić information content (AvgIpc) is 3.50. The van der Waals surface area contributed by atoms with E-state index in [1.54, 1.807) is 17.3 Å². The molecule has 0 radical (unpaired) electrons. The van der Waals surface area contributed by atoms with Gasteiger partial charge in [0.15, 0.2) is 0 Å². The number of amidine groups is 1. The number of rotatable bonds is 8. The van der Waals surface area contributed by atoms with Gasteiger partial charge in [0.05, 0.1) is 37.9 Å². The first-order valence-corrected chi connectivity index (χ1v) is 13.1. The predicted molar refractivity (Wildman–Crippen MR) is 120 cm³/mol. The molecule has 2 fully saturated rings. The van der Waals surface area contributed by atoms with Crippen LogP contribution in [0.5, 0.6) is 0 Å². The second-order valence-electron chi connectivity index (χ2n) is 8.93. The van der Waals surface area contributed by atoms with Gasteiger partial charge in [-0.1, -0.05) is 24.4 Å². The molecule has 0 bridgehead atoms. The Kier molecular flexibility index (Phi) is 7.71.